The van der Waals surface area contributed by atoms with Gasteiger partial charge in [0, 0.05) is 5.70 Å². The lowest BCUT2D eigenvalue weighted by Gasteiger charge is -2.20. The third-order valence-electron chi connectivity index (χ3n) is 3.24. The minimum atomic E-state index is -1.03. The minimum Gasteiger partial charge on any atom is -0.478 e. The molecule has 0 spiro atoms. The summed E-state index contributed by atoms with van der Waals surface area (Å²) in [6, 6.07) is 4.84. The number of carboxylic acids is 1. The Hall–Kier alpha value is -1.68. The SMILES string of the molecule is C[C@@H]1CC=C(NNc2ccc(Cl)c(C(=O)O)c2)CC1. The third kappa shape index (κ3) is 3.64. The first-order valence-corrected chi connectivity index (χ1v) is 6.68. The van der Waals surface area contributed by atoms with Crippen LogP contribution in [0.5, 0.6) is 0 Å². The van der Waals surface area contributed by atoms with E-state index in [4.69, 9.17) is 16.7 Å². The molecular formula is C14H17ClN2O2. The Balaban J connectivity index is 2.00. The number of halogens is 1. The van der Waals surface area contributed by atoms with Gasteiger partial charge in [-0.1, -0.05) is 24.6 Å². The van der Waals surface area contributed by atoms with Gasteiger partial charge in [-0.05, 0) is 43.4 Å². The lowest BCUT2D eigenvalue weighted by Crippen LogP contribution is -2.23. The second-order valence-electron chi connectivity index (χ2n) is 4.86. The van der Waals surface area contributed by atoms with E-state index in [2.05, 4.69) is 23.9 Å². The summed E-state index contributed by atoms with van der Waals surface area (Å²) < 4.78 is 0. The van der Waals surface area contributed by atoms with Gasteiger partial charge in [-0.15, -0.1) is 0 Å². The summed E-state index contributed by atoms with van der Waals surface area (Å²) in [4.78, 5) is 11.0. The Kier molecular flexibility index (Phi) is 4.32. The number of rotatable bonds is 4. The highest BCUT2D eigenvalue weighted by Crippen LogP contribution is 2.22. The molecule has 1 aromatic rings. The van der Waals surface area contributed by atoms with Crippen LogP contribution in [0.3, 0.4) is 0 Å². The standard InChI is InChI=1S/C14H17ClN2O2/c1-9-2-4-10(5-3-9)16-17-11-6-7-13(15)12(8-11)14(18)19/h4,6-9,16-17H,2-3,5H2,1H3,(H,18,19)/t9-/m1/s1. The molecule has 0 bridgehead atoms. The van der Waals surface area contributed by atoms with Crippen molar-refractivity contribution >= 4 is 23.3 Å². The van der Waals surface area contributed by atoms with Gasteiger partial charge in [-0.2, -0.15) is 0 Å². The number of benzene rings is 1. The quantitative estimate of drug-likeness (QED) is 0.737. The first-order chi connectivity index (χ1) is 9.06. The lowest BCUT2D eigenvalue weighted by atomic mass is 9.95. The Bertz CT molecular complexity index is 514. The number of hydrogen-bond acceptors (Lipinski definition) is 3. The van der Waals surface area contributed by atoms with Gasteiger partial charge >= 0.3 is 5.97 Å². The molecule has 3 N–H and O–H groups in total. The van der Waals surface area contributed by atoms with Crippen LogP contribution in [0, 0.1) is 5.92 Å². The Morgan fingerprint density at radius 1 is 1.42 bits per heavy atom. The van der Waals surface area contributed by atoms with Gasteiger partial charge in [0.25, 0.3) is 0 Å². The van der Waals surface area contributed by atoms with Crippen LogP contribution in [0.15, 0.2) is 30.0 Å². The van der Waals surface area contributed by atoms with Crippen LogP contribution in [-0.4, -0.2) is 11.1 Å². The molecule has 0 fully saturated rings. The van der Waals surface area contributed by atoms with Crippen molar-refractivity contribution in [2.24, 2.45) is 5.92 Å². The molecule has 1 aliphatic rings. The van der Waals surface area contributed by atoms with Gasteiger partial charge in [0.15, 0.2) is 0 Å². The van der Waals surface area contributed by atoms with Crippen LogP contribution < -0.4 is 10.9 Å². The van der Waals surface area contributed by atoms with Crippen LogP contribution >= 0.6 is 11.6 Å². The molecule has 0 aliphatic heterocycles. The van der Waals surface area contributed by atoms with Gasteiger partial charge in [-0.25, -0.2) is 4.79 Å². The predicted molar refractivity (Wildman–Crippen MR) is 76.3 cm³/mol. The molecule has 0 radical (unpaired) electrons. The second-order valence-corrected chi connectivity index (χ2v) is 5.27. The molecule has 102 valence electrons. The summed E-state index contributed by atoms with van der Waals surface area (Å²) in [5, 5.41) is 9.23. The number of allylic oxidation sites excluding steroid dienone is 2. The van der Waals surface area contributed by atoms with Crippen LogP contribution in [0.4, 0.5) is 5.69 Å². The monoisotopic (exact) mass is 280 g/mol. The average molecular weight is 281 g/mol. The molecule has 1 aromatic carbocycles. The van der Waals surface area contributed by atoms with E-state index in [-0.39, 0.29) is 10.6 Å². The van der Waals surface area contributed by atoms with E-state index in [0.29, 0.717) is 5.69 Å². The zero-order chi connectivity index (χ0) is 13.8. The average Bonchev–Trinajstić information content (AvgIpc) is 2.39. The molecule has 0 aromatic heterocycles. The smallest absolute Gasteiger partial charge is 0.337 e. The lowest BCUT2D eigenvalue weighted by molar-refractivity contribution is 0.0697. The topological polar surface area (TPSA) is 61.4 Å². The number of hydrogen-bond donors (Lipinski definition) is 3. The largest absolute Gasteiger partial charge is 0.478 e. The maximum atomic E-state index is 11.0. The Labute approximate surface area is 117 Å². The molecule has 4 nitrogen and oxygen atoms in total. The van der Waals surface area contributed by atoms with Crippen LogP contribution in [-0.2, 0) is 0 Å². The zero-order valence-corrected chi connectivity index (χ0v) is 11.5. The molecule has 19 heavy (non-hydrogen) atoms. The highest BCUT2D eigenvalue weighted by Gasteiger charge is 2.11. The normalized spacial score (nSPS) is 18.6. The van der Waals surface area contributed by atoms with Gasteiger partial charge < -0.3 is 16.0 Å². The Morgan fingerprint density at radius 3 is 2.84 bits per heavy atom. The van der Waals surface area contributed by atoms with E-state index in [1.807, 2.05) is 0 Å². The van der Waals surface area contributed by atoms with E-state index in [1.165, 1.54) is 12.5 Å². The van der Waals surface area contributed by atoms with Crippen molar-refractivity contribution in [2.45, 2.75) is 26.2 Å². The molecule has 2 rings (SSSR count). The molecule has 0 saturated carbocycles. The number of nitrogens with one attached hydrogen (secondary N) is 2. The molecule has 0 amide bonds. The fraction of sp³-hybridized carbons (Fsp3) is 0.357. The fourth-order valence-electron chi connectivity index (χ4n) is 2.00. The maximum Gasteiger partial charge on any atom is 0.337 e. The Morgan fingerprint density at radius 2 is 2.21 bits per heavy atom. The van der Waals surface area contributed by atoms with Crippen molar-refractivity contribution in [2.75, 3.05) is 5.43 Å². The van der Waals surface area contributed by atoms with Crippen molar-refractivity contribution in [3.63, 3.8) is 0 Å². The summed E-state index contributed by atoms with van der Waals surface area (Å²) in [5.74, 6) is -0.293. The van der Waals surface area contributed by atoms with Crippen molar-refractivity contribution in [3.8, 4) is 0 Å². The van der Waals surface area contributed by atoms with Gasteiger partial charge in [0.1, 0.15) is 0 Å². The number of carbonyl (C=O) groups is 1. The number of aromatic carboxylic acids is 1. The zero-order valence-electron chi connectivity index (χ0n) is 10.7. The molecule has 0 saturated heterocycles. The number of hydrazine groups is 1. The molecule has 5 heteroatoms. The van der Waals surface area contributed by atoms with E-state index < -0.39 is 5.97 Å². The third-order valence-corrected chi connectivity index (χ3v) is 3.57. The summed E-state index contributed by atoms with van der Waals surface area (Å²) >= 11 is 5.82. The van der Waals surface area contributed by atoms with E-state index in [1.54, 1.807) is 12.1 Å². The molecule has 1 atom stereocenters. The van der Waals surface area contributed by atoms with E-state index in [9.17, 15) is 4.79 Å². The number of carboxylic acid groups (broad SMARTS) is 1. The molecule has 0 heterocycles. The molecular weight excluding hydrogens is 264 g/mol. The van der Waals surface area contributed by atoms with Crippen LogP contribution in [0.2, 0.25) is 5.02 Å². The predicted octanol–water partition coefficient (Wildman–Crippen LogP) is 3.66. The van der Waals surface area contributed by atoms with Crippen molar-refractivity contribution < 1.29 is 9.90 Å². The maximum absolute atomic E-state index is 11.0. The van der Waals surface area contributed by atoms with Crippen molar-refractivity contribution in [1.29, 1.82) is 0 Å². The van der Waals surface area contributed by atoms with Gasteiger partial charge in [-0.3, -0.25) is 0 Å². The fourth-order valence-corrected chi connectivity index (χ4v) is 2.20. The summed E-state index contributed by atoms with van der Waals surface area (Å²) in [6.45, 7) is 2.24. The first kappa shape index (κ1) is 13.7. The van der Waals surface area contributed by atoms with Crippen molar-refractivity contribution in [3.05, 3.63) is 40.6 Å². The minimum absolute atomic E-state index is 0.0970. The van der Waals surface area contributed by atoms with E-state index >= 15 is 0 Å². The van der Waals surface area contributed by atoms with Gasteiger partial charge in [0.2, 0.25) is 0 Å². The molecule has 1 aliphatic carbocycles. The summed E-state index contributed by atoms with van der Waals surface area (Å²) in [5.41, 5.74) is 8.05. The summed E-state index contributed by atoms with van der Waals surface area (Å²) in [7, 11) is 0. The van der Waals surface area contributed by atoms with Crippen LogP contribution in [0.25, 0.3) is 0 Å². The second kappa shape index (κ2) is 5.97. The highest BCUT2D eigenvalue weighted by atomic mass is 35.5. The van der Waals surface area contributed by atoms with Crippen LogP contribution in [0.1, 0.15) is 36.5 Å². The van der Waals surface area contributed by atoms with E-state index in [0.717, 1.165) is 24.5 Å². The highest BCUT2D eigenvalue weighted by molar-refractivity contribution is 6.33. The number of anilines is 1. The summed E-state index contributed by atoms with van der Waals surface area (Å²) in [6.07, 6.45) is 5.43. The first-order valence-electron chi connectivity index (χ1n) is 6.30. The van der Waals surface area contributed by atoms with Crippen molar-refractivity contribution in [1.82, 2.24) is 5.43 Å². The van der Waals surface area contributed by atoms with Gasteiger partial charge in [0.05, 0.1) is 16.3 Å². The molecule has 0 unspecified atom stereocenters.